The third-order valence-electron chi connectivity index (χ3n) is 2.54. The summed E-state index contributed by atoms with van der Waals surface area (Å²) in [5.41, 5.74) is 6.58. The van der Waals surface area contributed by atoms with Gasteiger partial charge < -0.3 is 16.4 Å². The first-order valence-electron chi connectivity index (χ1n) is 6.38. The zero-order valence-electron chi connectivity index (χ0n) is 11.3. The number of hydrogen-bond acceptors (Lipinski definition) is 3. The summed E-state index contributed by atoms with van der Waals surface area (Å²) in [6.07, 6.45) is 0.255. The molecule has 4 N–H and O–H groups in total. The molecule has 0 spiro atoms. The molecule has 104 valence electrons. The number of nitrogens with one attached hydrogen (secondary N) is 2. The van der Waals surface area contributed by atoms with Gasteiger partial charge in [-0.2, -0.15) is 0 Å². The molecule has 0 unspecified atom stereocenters. The minimum absolute atomic E-state index is 0.0800. The Bertz CT molecular complexity index is 418. The molecule has 19 heavy (non-hydrogen) atoms. The molecule has 1 aromatic carbocycles. The molecule has 0 aliphatic carbocycles. The van der Waals surface area contributed by atoms with Crippen LogP contribution >= 0.6 is 0 Å². The molecule has 0 saturated heterocycles. The average molecular weight is 263 g/mol. The van der Waals surface area contributed by atoms with E-state index in [9.17, 15) is 9.59 Å². The Kier molecular flexibility index (Phi) is 6.02. The molecule has 0 bridgehead atoms. The standard InChI is InChI=1S/C14H21N3O2/c1-10(2)17-12(18)8-9-16-14(19)13(15)11-6-4-3-5-7-11/h3-7,10,13H,8-9,15H2,1-2H3,(H,16,19)(H,17,18)/t13-/m1/s1. The topological polar surface area (TPSA) is 84.2 Å². The van der Waals surface area contributed by atoms with E-state index in [-0.39, 0.29) is 30.8 Å². The highest BCUT2D eigenvalue weighted by atomic mass is 16.2. The molecule has 0 fully saturated rings. The molecular formula is C14H21N3O2. The predicted molar refractivity (Wildman–Crippen MR) is 74.3 cm³/mol. The fourth-order valence-corrected chi connectivity index (χ4v) is 1.62. The number of amides is 2. The van der Waals surface area contributed by atoms with Gasteiger partial charge in [-0.3, -0.25) is 9.59 Å². The first kappa shape index (κ1) is 15.2. The highest BCUT2D eigenvalue weighted by molar-refractivity contribution is 5.83. The van der Waals surface area contributed by atoms with Gasteiger partial charge in [0.25, 0.3) is 0 Å². The Hall–Kier alpha value is -1.88. The van der Waals surface area contributed by atoms with Crippen LogP contribution in [0.25, 0.3) is 0 Å². The second-order valence-corrected chi connectivity index (χ2v) is 4.65. The summed E-state index contributed by atoms with van der Waals surface area (Å²) in [6.45, 7) is 4.07. The van der Waals surface area contributed by atoms with Crippen molar-refractivity contribution in [1.29, 1.82) is 0 Å². The quantitative estimate of drug-likeness (QED) is 0.707. The summed E-state index contributed by atoms with van der Waals surface area (Å²) in [6, 6.07) is 8.54. The van der Waals surface area contributed by atoms with Crippen LogP contribution in [0.2, 0.25) is 0 Å². The lowest BCUT2D eigenvalue weighted by Gasteiger charge is -2.13. The molecule has 5 nitrogen and oxygen atoms in total. The van der Waals surface area contributed by atoms with Crippen molar-refractivity contribution in [2.45, 2.75) is 32.4 Å². The molecular weight excluding hydrogens is 242 g/mol. The maximum Gasteiger partial charge on any atom is 0.241 e. The molecule has 0 heterocycles. The van der Waals surface area contributed by atoms with Gasteiger partial charge in [0.2, 0.25) is 11.8 Å². The summed E-state index contributed by atoms with van der Waals surface area (Å²) in [4.78, 5) is 23.2. The van der Waals surface area contributed by atoms with Gasteiger partial charge >= 0.3 is 0 Å². The van der Waals surface area contributed by atoms with Gasteiger partial charge in [0.05, 0.1) is 0 Å². The van der Waals surface area contributed by atoms with E-state index in [0.717, 1.165) is 5.56 Å². The van der Waals surface area contributed by atoms with Crippen molar-refractivity contribution in [3.8, 4) is 0 Å². The molecule has 0 saturated carbocycles. The lowest BCUT2D eigenvalue weighted by Crippen LogP contribution is -2.37. The Morgan fingerprint density at radius 2 is 1.84 bits per heavy atom. The van der Waals surface area contributed by atoms with E-state index in [4.69, 9.17) is 5.73 Å². The molecule has 1 aromatic rings. The third-order valence-corrected chi connectivity index (χ3v) is 2.54. The summed E-state index contributed by atoms with van der Waals surface area (Å²) >= 11 is 0. The minimum atomic E-state index is -0.700. The van der Waals surface area contributed by atoms with E-state index in [0.29, 0.717) is 0 Å². The molecule has 2 amide bonds. The van der Waals surface area contributed by atoms with Crippen molar-refractivity contribution < 1.29 is 9.59 Å². The second-order valence-electron chi connectivity index (χ2n) is 4.65. The zero-order valence-corrected chi connectivity index (χ0v) is 11.3. The van der Waals surface area contributed by atoms with Gasteiger partial charge in [0.15, 0.2) is 0 Å². The van der Waals surface area contributed by atoms with E-state index in [2.05, 4.69) is 10.6 Å². The largest absolute Gasteiger partial charge is 0.354 e. The normalized spacial score (nSPS) is 12.0. The second kappa shape index (κ2) is 7.53. The molecule has 5 heteroatoms. The molecule has 0 radical (unpaired) electrons. The van der Waals surface area contributed by atoms with Crippen LogP contribution < -0.4 is 16.4 Å². The molecule has 0 aliphatic rings. The number of rotatable bonds is 6. The van der Waals surface area contributed by atoms with Crippen LogP contribution in [0.15, 0.2) is 30.3 Å². The summed E-state index contributed by atoms with van der Waals surface area (Å²) in [5.74, 6) is -0.355. The third kappa shape index (κ3) is 5.52. The maximum absolute atomic E-state index is 11.8. The summed E-state index contributed by atoms with van der Waals surface area (Å²) < 4.78 is 0. The van der Waals surface area contributed by atoms with E-state index in [1.807, 2.05) is 32.0 Å². The molecule has 1 rings (SSSR count). The Morgan fingerprint density at radius 3 is 2.42 bits per heavy atom. The number of carbonyl (C=O) groups is 2. The van der Waals surface area contributed by atoms with Crippen molar-refractivity contribution in [3.05, 3.63) is 35.9 Å². The summed E-state index contributed by atoms with van der Waals surface area (Å²) in [7, 11) is 0. The van der Waals surface area contributed by atoms with Crippen molar-refractivity contribution >= 4 is 11.8 Å². The predicted octanol–water partition coefficient (Wildman–Crippen LogP) is 0.717. The maximum atomic E-state index is 11.8. The van der Waals surface area contributed by atoms with Gasteiger partial charge in [-0.25, -0.2) is 0 Å². The van der Waals surface area contributed by atoms with Crippen molar-refractivity contribution in [3.63, 3.8) is 0 Å². The Morgan fingerprint density at radius 1 is 1.21 bits per heavy atom. The zero-order chi connectivity index (χ0) is 14.3. The van der Waals surface area contributed by atoms with E-state index >= 15 is 0 Å². The lowest BCUT2D eigenvalue weighted by atomic mass is 10.1. The van der Waals surface area contributed by atoms with E-state index in [1.54, 1.807) is 12.1 Å². The fourth-order valence-electron chi connectivity index (χ4n) is 1.62. The van der Waals surface area contributed by atoms with Crippen molar-refractivity contribution in [1.82, 2.24) is 10.6 Å². The Labute approximate surface area is 113 Å². The SMILES string of the molecule is CC(C)NC(=O)CCNC(=O)[C@H](N)c1ccccc1. The number of nitrogens with two attached hydrogens (primary N) is 1. The van der Waals surface area contributed by atoms with Crippen LogP contribution in [0.4, 0.5) is 0 Å². The highest BCUT2D eigenvalue weighted by Gasteiger charge is 2.15. The van der Waals surface area contributed by atoms with Crippen molar-refractivity contribution in [2.24, 2.45) is 5.73 Å². The number of carbonyl (C=O) groups excluding carboxylic acids is 2. The number of hydrogen-bond donors (Lipinski definition) is 3. The fraction of sp³-hybridized carbons (Fsp3) is 0.429. The van der Waals surface area contributed by atoms with Gasteiger partial charge in [0, 0.05) is 19.0 Å². The summed E-state index contributed by atoms with van der Waals surface area (Å²) in [5, 5.41) is 5.42. The average Bonchev–Trinajstić information content (AvgIpc) is 2.37. The van der Waals surface area contributed by atoms with Crippen LogP contribution in [0.1, 0.15) is 31.9 Å². The minimum Gasteiger partial charge on any atom is -0.354 e. The first-order chi connectivity index (χ1) is 9.00. The van der Waals surface area contributed by atoms with Crippen LogP contribution in [0, 0.1) is 0 Å². The van der Waals surface area contributed by atoms with E-state index in [1.165, 1.54) is 0 Å². The Balaban J connectivity index is 2.34. The molecule has 0 aliphatic heterocycles. The monoisotopic (exact) mass is 263 g/mol. The van der Waals surface area contributed by atoms with Crippen LogP contribution in [-0.4, -0.2) is 24.4 Å². The van der Waals surface area contributed by atoms with Gasteiger partial charge in [0.1, 0.15) is 6.04 Å². The van der Waals surface area contributed by atoms with Gasteiger partial charge in [-0.05, 0) is 19.4 Å². The molecule has 1 atom stereocenters. The number of benzene rings is 1. The van der Waals surface area contributed by atoms with Crippen LogP contribution in [-0.2, 0) is 9.59 Å². The smallest absolute Gasteiger partial charge is 0.241 e. The highest BCUT2D eigenvalue weighted by Crippen LogP contribution is 2.08. The lowest BCUT2D eigenvalue weighted by molar-refractivity contribution is -0.123. The first-order valence-corrected chi connectivity index (χ1v) is 6.38. The van der Waals surface area contributed by atoms with E-state index < -0.39 is 6.04 Å². The van der Waals surface area contributed by atoms with Crippen LogP contribution in [0.5, 0.6) is 0 Å². The van der Waals surface area contributed by atoms with Gasteiger partial charge in [-0.15, -0.1) is 0 Å². The van der Waals surface area contributed by atoms with Gasteiger partial charge in [-0.1, -0.05) is 30.3 Å². The van der Waals surface area contributed by atoms with Crippen molar-refractivity contribution in [2.75, 3.05) is 6.54 Å². The molecule has 0 aromatic heterocycles. The van der Waals surface area contributed by atoms with Crippen LogP contribution in [0.3, 0.4) is 0 Å².